The third kappa shape index (κ3) is 5.01. The highest BCUT2D eigenvalue weighted by Crippen LogP contribution is 2.28. The van der Waals surface area contributed by atoms with Crippen LogP contribution in [0.2, 0.25) is 0 Å². The number of hydrogen-bond donors (Lipinski definition) is 2. The maximum Gasteiger partial charge on any atom is 0.269 e. The molecule has 2 aromatic rings. The lowest BCUT2D eigenvalue weighted by Crippen LogP contribution is -2.45. The monoisotopic (exact) mass is 491 g/mol. The summed E-state index contributed by atoms with van der Waals surface area (Å²) in [5.41, 5.74) is 6.17. The Hall–Kier alpha value is -3.01. The lowest BCUT2D eigenvalue weighted by Gasteiger charge is -2.26. The molecular weight excluding hydrogens is 469 g/mol. The average molecular weight is 492 g/mol. The first-order valence-corrected chi connectivity index (χ1v) is 10.6. The highest BCUT2D eigenvalue weighted by Gasteiger charge is 2.24. The van der Waals surface area contributed by atoms with Gasteiger partial charge in [0.25, 0.3) is 5.91 Å². The molecule has 1 aromatic heterocycles. The summed E-state index contributed by atoms with van der Waals surface area (Å²) in [6.07, 6.45) is 2.75. The minimum absolute atomic E-state index is 0.0781. The standard InChI is InChI=1S/C21H23BrFN5O3/c1-12(2)27(10-17(29)25-15-8-5-7-14(22)19(15)23)18(30)11-28-16-9-4-3-6-13(16)20(26-28)21(24)31/h3-4,6,8-9,12H,5,7,10-11H2,1-2H3,(H2,24,31)(H,25,29). The first-order chi connectivity index (χ1) is 14.7. The summed E-state index contributed by atoms with van der Waals surface area (Å²) in [6.45, 7) is 3.12. The molecule has 0 fully saturated rings. The number of nitrogens with two attached hydrogens (primary N) is 1. The van der Waals surface area contributed by atoms with E-state index in [4.69, 9.17) is 5.73 Å². The number of halogens is 2. The minimum Gasteiger partial charge on any atom is -0.364 e. The van der Waals surface area contributed by atoms with Crippen LogP contribution in [0.3, 0.4) is 0 Å². The molecule has 0 radical (unpaired) electrons. The van der Waals surface area contributed by atoms with E-state index in [2.05, 4.69) is 26.3 Å². The number of benzene rings is 1. The number of carbonyl (C=O) groups excluding carboxylic acids is 3. The van der Waals surface area contributed by atoms with Crippen molar-refractivity contribution in [3.63, 3.8) is 0 Å². The van der Waals surface area contributed by atoms with Crippen LogP contribution >= 0.6 is 15.9 Å². The maximum absolute atomic E-state index is 14.2. The molecule has 0 unspecified atom stereocenters. The van der Waals surface area contributed by atoms with E-state index in [1.807, 2.05) is 0 Å². The molecule has 3 amide bonds. The fourth-order valence-electron chi connectivity index (χ4n) is 3.35. The summed E-state index contributed by atoms with van der Waals surface area (Å²) in [7, 11) is 0. The van der Waals surface area contributed by atoms with E-state index >= 15 is 0 Å². The predicted octanol–water partition coefficient (Wildman–Crippen LogP) is 2.74. The van der Waals surface area contributed by atoms with Gasteiger partial charge < -0.3 is 16.0 Å². The second-order valence-corrected chi connectivity index (χ2v) is 8.38. The van der Waals surface area contributed by atoms with Crippen molar-refractivity contribution in [1.29, 1.82) is 0 Å². The third-order valence-corrected chi connectivity index (χ3v) is 5.64. The van der Waals surface area contributed by atoms with E-state index in [9.17, 15) is 18.8 Å². The smallest absolute Gasteiger partial charge is 0.269 e. The van der Waals surface area contributed by atoms with Gasteiger partial charge in [0.05, 0.1) is 11.2 Å². The molecule has 0 spiro atoms. The Morgan fingerprint density at radius 3 is 2.71 bits per heavy atom. The Labute approximate surface area is 187 Å². The number of amides is 3. The number of nitrogens with zero attached hydrogens (tertiary/aromatic N) is 3. The zero-order valence-electron chi connectivity index (χ0n) is 17.2. The number of aromatic nitrogens is 2. The van der Waals surface area contributed by atoms with E-state index in [0.29, 0.717) is 28.2 Å². The summed E-state index contributed by atoms with van der Waals surface area (Å²) >= 11 is 3.16. The summed E-state index contributed by atoms with van der Waals surface area (Å²) in [4.78, 5) is 38.6. The van der Waals surface area contributed by atoms with Gasteiger partial charge in [-0.3, -0.25) is 19.1 Å². The number of nitrogens with one attached hydrogen (secondary N) is 1. The Balaban J connectivity index is 1.76. The molecule has 3 rings (SSSR count). The first kappa shape index (κ1) is 22.7. The molecule has 0 saturated heterocycles. The van der Waals surface area contributed by atoms with Gasteiger partial charge in [-0.25, -0.2) is 4.39 Å². The van der Waals surface area contributed by atoms with Crippen molar-refractivity contribution in [2.75, 3.05) is 6.54 Å². The average Bonchev–Trinajstić information content (AvgIpc) is 3.08. The van der Waals surface area contributed by atoms with Crippen molar-refractivity contribution < 1.29 is 18.8 Å². The topological polar surface area (TPSA) is 110 Å². The zero-order valence-corrected chi connectivity index (χ0v) is 18.8. The fourth-order valence-corrected chi connectivity index (χ4v) is 3.79. The second-order valence-electron chi connectivity index (χ2n) is 7.43. The zero-order chi connectivity index (χ0) is 22.7. The summed E-state index contributed by atoms with van der Waals surface area (Å²) in [5.74, 6) is -2.08. The predicted molar refractivity (Wildman–Crippen MR) is 118 cm³/mol. The largest absolute Gasteiger partial charge is 0.364 e. The summed E-state index contributed by atoms with van der Waals surface area (Å²) in [5, 5.41) is 7.27. The van der Waals surface area contributed by atoms with Gasteiger partial charge in [0.15, 0.2) is 11.5 Å². The highest BCUT2D eigenvalue weighted by molar-refractivity contribution is 9.11. The van der Waals surface area contributed by atoms with Crippen molar-refractivity contribution in [2.45, 2.75) is 39.3 Å². The van der Waals surface area contributed by atoms with E-state index in [1.54, 1.807) is 44.2 Å². The Bertz CT molecular complexity index is 1110. The third-order valence-electron chi connectivity index (χ3n) is 4.90. The molecule has 164 valence electrons. The van der Waals surface area contributed by atoms with Gasteiger partial charge in [0.1, 0.15) is 13.1 Å². The molecule has 8 nitrogen and oxygen atoms in total. The lowest BCUT2D eigenvalue weighted by atomic mass is 10.1. The highest BCUT2D eigenvalue weighted by atomic mass is 79.9. The molecule has 0 aliphatic heterocycles. The molecule has 0 atom stereocenters. The number of para-hydroxylation sites is 1. The molecule has 3 N–H and O–H groups in total. The van der Waals surface area contributed by atoms with Crippen molar-refractivity contribution in [3.05, 3.63) is 52.0 Å². The van der Waals surface area contributed by atoms with Crippen LogP contribution in [0.15, 0.2) is 46.3 Å². The van der Waals surface area contributed by atoms with Gasteiger partial charge in [0.2, 0.25) is 11.8 Å². The van der Waals surface area contributed by atoms with Crippen LogP contribution in [0.4, 0.5) is 4.39 Å². The van der Waals surface area contributed by atoms with Crippen molar-refractivity contribution in [2.24, 2.45) is 5.73 Å². The van der Waals surface area contributed by atoms with Gasteiger partial charge in [-0.2, -0.15) is 5.10 Å². The Morgan fingerprint density at radius 1 is 1.32 bits per heavy atom. The first-order valence-electron chi connectivity index (χ1n) is 9.78. The van der Waals surface area contributed by atoms with Crippen LogP contribution in [-0.4, -0.2) is 45.0 Å². The number of allylic oxidation sites excluding steroid dienone is 3. The number of hydrogen-bond acceptors (Lipinski definition) is 4. The van der Waals surface area contributed by atoms with Crippen molar-refractivity contribution >= 4 is 44.6 Å². The molecular formula is C21H23BrFN5O3. The van der Waals surface area contributed by atoms with Crippen LogP contribution in [0.1, 0.15) is 37.2 Å². The summed E-state index contributed by atoms with van der Waals surface area (Å²) in [6, 6.07) is 6.66. The molecule has 31 heavy (non-hydrogen) atoms. The van der Waals surface area contributed by atoms with Gasteiger partial charge in [-0.15, -0.1) is 0 Å². The Morgan fingerprint density at radius 2 is 2.03 bits per heavy atom. The minimum atomic E-state index is -0.690. The fraction of sp³-hybridized carbons (Fsp3) is 0.333. The van der Waals surface area contributed by atoms with Crippen LogP contribution in [0.5, 0.6) is 0 Å². The molecule has 0 saturated carbocycles. The van der Waals surface area contributed by atoms with Crippen LogP contribution in [0, 0.1) is 0 Å². The van der Waals surface area contributed by atoms with E-state index in [1.165, 1.54) is 9.58 Å². The van der Waals surface area contributed by atoms with E-state index < -0.39 is 17.6 Å². The Kier molecular flexibility index (Phi) is 6.89. The van der Waals surface area contributed by atoms with Gasteiger partial charge in [-0.1, -0.05) is 40.2 Å². The lowest BCUT2D eigenvalue weighted by molar-refractivity contribution is -0.138. The van der Waals surface area contributed by atoms with Crippen molar-refractivity contribution in [1.82, 2.24) is 20.0 Å². The molecule has 1 aliphatic carbocycles. The van der Waals surface area contributed by atoms with Crippen molar-refractivity contribution in [3.8, 4) is 0 Å². The van der Waals surface area contributed by atoms with Gasteiger partial charge in [0, 0.05) is 15.9 Å². The van der Waals surface area contributed by atoms with E-state index in [0.717, 1.165) is 0 Å². The van der Waals surface area contributed by atoms with Crippen LogP contribution in [-0.2, 0) is 16.1 Å². The molecule has 1 aromatic carbocycles. The molecule has 1 aliphatic rings. The summed E-state index contributed by atoms with van der Waals surface area (Å²) < 4.78 is 16.0. The SMILES string of the molecule is CC(C)N(CC(=O)NC1=CCCC(Br)=C1F)C(=O)Cn1nc(C(N)=O)c2ccccc21. The quantitative estimate of drug-likeness (QED) is 0.620. The van der Waals surface area contributed by atoms with Gasteiger partial charge >= 0.3 is 0 Å². The number of rotatable bonds is 7. The number of primary amides is 1. The number of carbonyl (C=O) groups is 3. The molecule has 10 heteroatoms. The van der Waals surface area contributed by atoms with Crippen LogP contribution < -0.4 is 11.1 Å². The van der Waals surface area contributed by atoms with E-state index in [-0.39, 0.29) is 36.4 Å². The normalized spacial score (nSPS) is 14.0. The molecule has 0 bridgehead atoms. The molecule has 1 heterocycles. The van der Waals surface area contributed by atoms with Gasteiger partial charge in [-0.05, 0) is 32.8 Å². The van der Waals surface area contributed by atoms with Crippen LogP contribution in [0.25, 0.3) is 10.9 Å². The maximum atomic E-state index is 14.2. The number of fused-ring (bicyclic) bond motifs is 1. The second kappa shape index (κ2) is 9.42.